The van der Waals surface area contributed by atoms with Crippen LogP contribution in [-0.4, -0.2) is 55.0 Å². The highest BCUT2D eigenvalue weighted by Gasteiger charge is 2.11. The van der Waals surface area contributed by atoms with Crippen LogP contribution in [0.1, 0.15) is 5.56 Å². The Bertz CT molecular complexity index is 804. The molecule has 2 rings (SSSR count). The number of rotatable bonds is 10. The second-order valence-electron chi connectivity index (χ2n) is 6.20. The Balaban J connectivity index is 1.66. The van der Waals surface area contributed by atoms with Crippen molar-refractivity contribution in [2.24, 2.45) is 0 Å². The van der Waals surface area contributed by atoms with Crippen molar-refractivity contribution < 1.29 is 23.1 Å². The SMILES string of the molecule is CN(CC(=O)NCCc1ccc(OC(F)F)cc1)CC(=O)Nc1ccc(Br)cn1. The van der Waals surface area contributed by atoms with Gasteiger partial charge in [0.25, 0.3) is 0 Å². The largest absolute Gasteiger partial charge is 0.435 e. The Hall–Kier alpha value is -2.59. The fourth-order valence-corrected chi connectivity index (χ4v) is 2.65. The van der Waals surface area contributed by atoms with E-state index in [1.54, 1.807) is 42.4 Å². The molecule has 0 aliphatic carbocycles. The molecular weight excluding hydrogens is 450 g/mol. The van der Waals surface area contributed by atoms with E-state index >= 15 is 0 Å². The molecule has 2 N–H and O–H groups in total. The summed E-state index contributed by atoms with van der Waals surface area (Å²) in [7, 11) is 1.66. The van der Waals surface area contributed by atoms with Crippen LogP contribution in [-0.2, 0) is 16.0 Å². The number of nitrogens with one attached hydrogen (secondary N) is 2. The number of aromatic nitrogens is 1. The molecule has 2 aromatic rings. The average molecular weight is 471 g/mol. The zero-order chi connectivity index (χ0) is 21.2. The Labute approximate surface area is 175 Å². The number of nitrogens with zero attached hydrogens (tertiary/aromatic N) is 2. The molecule has 0 aliphatic heterocycles. The number of carbonyl (C=O) groups excluding carboxylic acids is 2. The van der Waals surface area contributed by atoms with Gasteiger partial charge >= 0.3 is 6.61 Å². The highest BCUT2D eigenvalue weighted by atomic mass is 79.9. The summed E-state index contributed by atoms with van der Waals surface area (Å²) < 4.78 is 29.3. The smallest absolute Gasteiger partial charge is 0.387 e. The van der Waals surface area contributed by atoms with Gasteiger partial charge in [0, 0.05) is 17.2 Å². The second kappa shape index (κ2) is 11.4. The number of halogens is 3. The molecule has 10 heteroatoms. The molecule has 0 saturated carbocycles. The van der Waals surface area contributed by atoms with Crippen molar-refractivity contribution in [3.63, 3.8) is 0 Å². The van der Waals surface area contributed by atoms with E-state index < -0.39 is 6.61 Å². The maximum absolute atomic E-state index is 12.1. The lowest BCUT2D eigenvalue weighted by molar-refractivity contribution is -0.122. The highest BCUT2D eigenvalue weighted by Crippen LogP contribution is 2.15. The van der Waals surface area contributed by atoms with Crippen LogP contribution in [0.4, 0.5) is 14.6 Å². The maximum Gasteiger partial charge on any atom is 0.387 e. The van der Waals surface area contributed by atoms with Crippen molar-refractivity contribution in [2.75, 3.05) is 32.0 Å². The zero-order valence-corrected chi connectivity index (χ0v) is 17.3. The van der Waals surface area contributed by atoms with E-state index in [-0.39, 0.29) is 30.7 Å². The number of alkyl halides is 2. The lowest BCUT2D eigenvalue weighted by Gasteiger charge is -2.16. The van der Waals surface area contributed by atoms with Crippen LogP contribution in [0.25, 0.3) is 0 Å². The van der Waals surface area contributed by atoms with Crippen LogP contribution < -0.4 is 15.4 Å². The van der Waals surface area contributed by atoms with Crippen LogP contribution in [0.3, 0.4) is 0 Å². The van der Waals surface area contributed by atoms with Gasteiger partial charge in [-0.15, -0.1) is 0 Å². The third-order valence-corrected chi connectivity index (χ3v) is 4.18. The van der Waals surface area contributed by atoms with E-state index in [0.29, 0.717) is 18.8 Å². The number of pyridine rings is 1. The lowest BCUT2D eigenvalue weighted by Crippen LogP contribution is -2.39. The minimum absolute atomic E-state index is 0.0385. The van der Waals surface area contributed by atoms with Crippen molar-refractivity contribution in [2.45, 2.75) is 13.0 Å². The van der Waals surface area contributed by atoms with E-state index in [1.165, 1.54) is 12.1 Å². The third kappa shape index (κ3) is 8.97. The second-order valence-corrected chi connectivity index (χ2v) is 7.12. The fourth-order valence-electron chi connectivity index (χ4n) is 2.42. The zero-order valence-electron chi connectivity index (χ0n) is 15.7. The number of benzene rings is 1. The number of anilines is 1. The summed E-state index contributed by atoms with van der Waals surface area (Å²) in [5, 5.41) is 5.41. The minimum Gasteiger partial charge on any atom is -0.435 e. The molecule has 29 heavy (non-hydrogen) atoms. The molecule has 0 spiro atoms. The minimum atomic E-state index is -2.86. The molecule has 0 aliphatic rings. The van der Waals surface area contributed by atoms with Gasteiger partial charge in [0.1, 0.15) is 11.6 Å². The van der Waals surface area contributed by atoms with Crippen LogP contribution >= 0.6 is 15.9 Å². The molecule has 1 heterocycles. The van der Waals surface area contributed by atoms with Crippen molar-refractivity contribution in [1.29, 1.82) is 0 Å². The molecule has 2 amide bonds. The maximum atomic E-state index is 12.1. The average Bonchev–Trinajstić information content (AvgIpc) is 2.64. The summed E-state index contributed by atoms with van der Waals surface area (Å²) in [6.07, 6.45) is 2.12. The predicted octanol–water partition coefficient (Wildman–Crippen LogP) is 2.67. The van der Waals surface area contributed by atoms with Crippen LogP contribution in [0.2, 0.25) is 0 Å². The Morgan fingerprint density at radius 2 is 1.83 bits per heavy atom. The summed E-state index contributed by atoms with van der Waals surface area (Å²) in [4.78, 5) is 29.6. The molecule has 0 atom stereocenters. The number of ether oxygens (including phenoxy) is 1. The van der Waals surface area contributed by atoms with E-state index in [9.17, 15) is 18.4 Å². The Morgan fingerprint density at radius 1 is 1.14 bits per heavy atom. The van der Waals surface area contributed by atoms with Gasteiger partial charge in [0.2, 0.25) is 11.8 Å². The first-order valence-electron chi connectivity index (χ1n) is 8.72. The quantitative estimate of drug-likeness (QED) is 0.557. The molecular formula is C19H21BrF2N4O3. The lowest BCUT2D eigenvalue weighted by atomic mass is 10.1. The number of amides is 2. The van der Waals surface area contributed by atoms with Gasteiger partial charge in [-0.2, -0.15) is 8.78 Å². The Morgan fingerprint density at radius 3 is 2.45 bits per heavy atom. The molecule has 156 valence electrons. The summed E-state index contributed by atoms with van der Waals surface area (Å²) in [6, 6.07) is 9.67. The molecule has 0 radical (unpaired) electrons. The normalized spacial score (nSPS) is 10.8. The van der Waals surface area contributed by atoms with E-state index in [4.69, 9.17) is 0 Å². The van der Waals surface area contributed by atoms with Crippen LogP contribution in [0, 0.1) is 0 Å². The van der Waals surface area contributed by atoms with Gasteiger partial charge < -0.3 is 15.4 Å². The molecule has 0 saturated heterocycles. The van der Waals surface area contributed by atoms with Crippen molar-refractivity contribution >= 4 is 33.6 Å². The molecule has 1 aromatic carbocycles. The first kappa shape index (κ1) is 22.7. The number of hydrogen-bond donors (Lipinski definition) is 2. The molecule has 7 nitrogen and oxygen atoms in total. The fraction of sp³-hybridized carbons (Fsp3) is 0.316. The predicted molar refractivity (Wildman–Crippen MR) is 108 cm³/mol. The molecule has 0 fully saturated rings. The molecule has 0 bridgehead atoms. The highest BCUT2D eigenvalue weighted by molar-refractivity contribution is 9.10. The number of likely N-dealkylation sites (N-methyl/N-ethyl adjacent to an activating group) is 1. The monoisotopic (exact) mass is 470 g/mol. The summed E-state index contributed by atoms with van der Waals surface area (Å²) in [5.41, 5.74) is 0.877. The van der Waals surface area contributed by atoms with Crippen molar-refractivity contribution in [1.82, 2.24) is 15.2 Å². The number of carbonyl (C=O) groups is 2. The van der Waals surface area contributed by atoms with Gasteiger partial charge in [-0.25, -0.2) is 4.98 Å². The van der Waals surface area contributed by atoms with Gasteiger partial charge in [0.05, 0.1) is 13.1 Å². The van der Waals surface area contributed by atoms with Crippen molar-refractivity contribution in [3.8, 4) is 5.75 Å². The van der Waals surface area contributed by atoms with E-state index in [2.05, 4.69) is 36.3 Å². The number of hydrogen-bond acceptors (Lipinski definition) is 5. The van der Waals surface area contributed by atoms with Gasteiger partial charge in [-0.1, -0.05) is 12.1 Å². The van der Waals surface area contributed by atoms with Crippen LogP contribution in [0.5, 0.6) is 5.75 Å². The van der Waals surface area contributed by atoms with Gasteiger partial charge in [-0.05, 0) is 59.2 Å². The Kier molecular flexibility index (Phi) is 8.94. The van der Waals surface area contributed by atoms with Crippen LogP contribution in [0.15, 0.2) is 47.1 Å². The van der Waals surface area contributed by atoms with Crippen molar-refractivity contribution in [3.05, 3.63) is 52.6 Å². The first-order chi connectivity index (χ1) is 13.8. The summed E-state index contributed by atoms with van der Waals surface area (Å²) in [6.45, 7) is -2.37. The summed E-state index contributed by atoms with van der Waals surface area (Å²) in [5.74, 6) is 0.0213. The summed E-state index contributed by atoms with van der Waals surface area (Å²) >= 11 is 3.27. The van der Waals surface area contributed by atoms with Gasteiger partial charge in [-0.3, -0.25) is 14.5 Å². The van der Waals surface area contributed by atoms with E-state index in [1.807, 2.05) is 0 Å². The third-order valence-electron chi connectivity index (χ3n) is 3.71. The standard InChI is InChI=1S/C19H21BrF2N4O3/c1-26(12-18(28)25-16-7-4-14(20)10-24-16)11-17(27)23-9-8-13-2-5-15(6-3-13)29-19(21)22/h2-7,10,19H,8-9,11-12H2,1H3,(H,23,27)(H,24,25,28). The molecule has 1 aromatic heterocycles. The molecule has 0 unspecified atom stereocenters. The topological polar surface area (TPSA) is 83.6 Å². The van der Waals surface area contributed by atoms with Gasteiger partial charge in [0.15, 0.2) is 0 Å². The van der Waals surface area contributed by atoms with E-state index in [0.717, 1.165) is 10.0 Å². The first-order valence-corrected chi connectivity index (χ1v) is 9.51.